The fourth-order valence-electron chi connectivity index (χ4n) is 3.77. The van der Waals surface area contributed by atoms with Crippen molar-refractivity contribution in [1.29, 1.82) is 0 Å². The first-order valence-corrected chi connectivity index (χ1v) is 10.1. The van der Waals surface area contributed by atoms with Crippen molar-refractivity contribution < 1.29 is 9.53 Å². The number of aromatic amines is 1. The van der Waals surface area contributed by atoms with Crippen LogP contribution in [0.5, 0.6) is 5.75 Å². The van der Waals surface area contributed by atoms with Crippen molar-refractivity contribution >= 4 is 22.6 Å². The zero-order chi connectivity index (χ0) is 20.0. The standard InChI is InChI=1S/C21H24N6O2/c1-3-21(6-7-21)29-14-4-5-16-15(10-14)20(25-24-16)17-11-18(23-13-22-17)27-9-8-26(2)19(28)12-27/h4-5,10-11,13H,3,6-9,12H2,1-2H3,(H,24,25). The molecule has 3 aromatic rings. The van der Waals surface area contributed by atoms with Crippen molar-refractivity contribution in [3.8, 4) is 17.1 Å². The summed E-state index contributed by atoms with van der Waals surface area (Å²) in [6.45, 7) is 3.92. The second-order valence-electron chi connectivity index (χ2n) is 7.92. The Labute approximate surface area is 168 Å². The van der Waals surface area contributed by atoms with Gasteiger partial charge in [0.05, 0.1) is 17.8 Å². The highest BCUT2D eigenvalue weighted by Gasteiger charge is 2.43. The maximum atomic E-state index is 12.1. The van der Waals surface area contributed by atoms with Gasteiger partial charge in [0.1, 0.15) is 29.2 Å². The molecule has 5 rings (SSSR count). The van der Waals surface area contributed by atoms with Crippen LogP contribution in [-0.2, 0) is 4.79 Å². The number of carbonyl (C=O) groups is 1. The number of carbonyl (C=O) groups excluding carboxylic acids is 1. The molecule has 1 amide bonds. The van der Waals surface area contributed by atoms with Gasteiger partial charge in [-0.3, -0.25) is 9.89 Å². The van der Waals surface area contributed by atoms with Gasteiger partial charge in [0.2, 0.25) is 5.91 Å². The molecule has 1 aliphatic heterocycles. The van der Waals surface area contributed by atoms with Gasteiger partial charge in [-0.2, -0.15) is 5.10 Å². The summed E-state index contributed by atoms with van der Waals surface area (Å²) in [6, 6.07) is 7.91. The number of ether oxygens (including phenoxy) is 1. The number of hydrogen-bond donors (Lipinski definition) is 1. The number of anilines is 1. The smallest absolute Gasteiger partial charge is 0.241 e. The quantitative estimate of drug-likeness (QED) is 0.718. The second kappa shape index (κ2) is 6.72. The molecule has 0 atom stereocenters. The number of nitrogens with zero attached hydrogens (tertiary/aromatic N) is 5. The lowest BCUT2D eigenvalue weighted by Crippen LogP contribution is -2.48. The molecule has 0 spiro atoms. The molecule has 3 heterocycles. The third kappa shape index (κ3) is 3.28. The van der Waals surface area contributed by atoms with E-state index < -0.39 is 0 Å². The molecule has 8 heteroatoms. The highest BCUT2D eigenvalue weighted by atomic mass is 16.5. The maximum Gasteiger partial charge on any atom is 0.241 e. The number of amides is 1. The fourth-order valence-corrected chi connectivity index (χ4v) is 3.77. The van der Waals surface area contributed by atoms with Crippen molar-refractivity contribution in [1.82, 2.24) is 25.1 Å². The Hall–Kier alpha value is -3.16. The number of H-pyrrole nitrogens is 1. The van der Waals surface area contributed by atoms with E-state index in [0.717, 1.165) is 59.7 Å². The number of aromatic nitrogens is 4. The molecule has 150 valence electrons. The van der Waals surface area contributed by atoms with Crippen LogP contribution in [0.15, 0.2) is 30.6 Å². The molecule has 8 nitrogen and oxygen atoms in total. The van der Waals surface area contributed by atoms with Crippen LogP contribution in [0.1, 0.15) is 26.2 Å². The highest BCUT2D eigenvalue weighted by molar-refractivity contribution is 5.93. The van der Waals surface area contributed by atoms with E-state index in [-0.39, 0.29) is 11.5 Å². The number of benzene rings is 1. The molecule has 1 N–H and O–H groups in total. The van der Waals surface area contributed by atoms with Crippen LogP contribution in [0.2, 0.25) is 0 Å². The van der Waals surface area contributed by atoms with Crippen molar-refractivity contribution in [3.63, 3.8) is 0 Å². The Morgan fingerprint density at radius 1 is 1.21 bits per heavy atom. The predicted molar refractivity (Wildman–Crippen MR) is 110 cm³/mol. The number of likely N-dealkylation sites (N-methyl/N-ethyl adjacent to an activating group) is 1. The van der Waals surface area contributed by atoms with Gasteiger partial charge in [-0.05, 0) is 37.5 Å². The van der Waals surface area contributed by atoms with Gasteiger partial charge in [0.25, 0.3) is 0 Å². The van der Waals surface area contributed by atoms with Crippen LogP contribution in [0.25, 0.3) is 22.3 Å². The monoisotopic (exact) mass is 392 g/mol. The van der Waals surface area contributed by atoms with Gasteiger partial charge in [-0.15, -0.1) is 0 Å². The van der Waals surface area contributed by atoms with E-state index in [1.165, 1.54) is 6.33 Å². The number of fused-ring (bicyclic) bond motifs is 1. The molecule has 0 bridgehead atoms. The van der Waals surface area contributed by atoms with Crippen LogP contribution in [0.3, 0.4) is 0 Å². The van der Waals surface area contributed by atoms with E-state index >= 15 is 0 Å². The Morgan fingerprint density at radius 2 is 2.07 bits per heavy atom. The molecule has 0 unspecified atom stereocenters. The fraction of sp³-hybridized carbons (Fsp3) is 0.429. The van der Waals surface area contributed by atoms with Gasteiger partial charge < -0.3 is 14.5 Å². The molecule has 2 fully saturated rings. The first-order chi connectivity index (χ1) is 14.1. The Bertz CT molecular complexity index is 1070. The van der Waals surface area contributed by atoms with Crippen LogP contribution < -0.4 is 9.64 Å². The van der Waals surface area contributed by atoms with E-state index in [9.17, 15) is 4.79 Å². The number of rotatable bonds is 5. The van der Waals surface area contributed by atoms with Crippen LogP contribution >= 0.6 is 0 Å². The molecule has 0 radical (unpaired) electrons. The first-order valence-electron chi connectivity index (χ1n) is 10.1. The molecular formula is C21H24N6O2. The van der Waals surface area contributed by atoms with Gasteiger partial charge in [0, 0.05) is 31.6 Å². The Kier molecular flexibility index (Phi) is 4.15. The minimum absolute atomic E-state index is 0.00756. The van der Waals surface area contributed by atoms with Gasteiger partial charge in [-0.25, -0.2) is 9.97 Å². The minimum Gasteiger partial charge on any atom is -0.487 e. The SMILES string of the molecule is CCC1(Oc2ccc3[nH]nc(-c4cc(N5CCN(C)C(=O)C5)ncn4)c3c2)CC1. The lowest BCUT2D eigenvalue weighted by atomic mass is 10.1. The molecule has 1 aliphatic carbocycles. The normalized spacial score (nSPS) is 18.3. The topological polar surface area (TPSA) is 87.2 Å². The molecule has 29 heavy (non-hydrogen) atoms. The van der Waals surface area contributed by atoms with E-state index in [1.807, 2.05) is 36.2 Å². The van der Waals surface area contributed by atoms with Crippen molar-refractivity contribution in [2.24, 2.45) is 0 Å². The molecule has 2 aromatic heterocycles. The largest absolute Gasteiger partial charge is 0.487 e. The van der Waals surface area contributed by atoms with Gasteiger partial charge >= 0.3 is 0 Å². The average Bonchev–Trinajstić information content (AvgIpc) is 3.39. The summed E-state index contributed by atoms with van der Waals surface area (Å²) >= 11 is 0. The van der Waals surface area contributed by atoms with E-state index in [2.05, 4.69) is 27.1 Å². The summed E-state index contributed by atoms with van der Waals surface area (Å²) in [5.74, 6) is 1.69. The van der Waals surface area contributed by atoms with Crippen LogP contribution in [0.4, 0.5) is 5.82 Å². The van der Waals surface area contributed by atoms with Crippen LogP contribution in [-0.4, -0.2) is 63.3 Å². The highest BCUT2D eigenvalue weighted by Crippen LogP contribution is 2.43. The molecule has 1 saturated carbocycles. The van der Waals surface area contributed by atoms with E-state index in [4.69, 9.17) is 4.74 Å². The van der Waals surface area contributed by atoms with Gasteiger partial charge in [0.15, 0.2) is 0 Å². The van der Waals surface area contributed by atoms with E-state index in [1.54, 1.807) is 4.90 Å². The minimum atomic E-state index is 0.00756. The third-order valence-electron chi connectivity index (χ3n) is 6.00. The maximum absolute atomic E-state index is 12.1. The molecular weight excluding hydrogens is 368 g/mol. The predicted octanol–water partition coefficient (Wildman–Crippen LogP) is 2.62. The zero-order valence-electron chi connectivity index (χ0n) is 16.7. The van der Waals surface area contributed by atoms with Crippen molar-refractivity contribution in [2.45, 2.75) is 31.8 Å². The lowest BCUT2D eigenvalue weighted by molar-refractivity contribution is -0.129. The van der Waals surface area contributed by atoms with Crippen LogP contribution in [0, 0.1) is 0 Å². The number of piperazine rings is 1. The molecule has 1 saturated heterocycles. The lowest BCUT2D eigenvalue weighted by Gasteiger charge is -2.32. The van der Waals surface area contributed by atoms with Gasteiger partial charge in [-0.1, -0.05) is 6.92 Å². The first kappa shape index (κ1) is 17.9. The average molecular weight is 392 g/mol. The Morgan fingerprint density at radius 3 is 2.83 bits per heavy atom. The molecule has 1 aromatic carbocycles. The Balaban J connectivity index is 1.47. The number of nitrogens with one attached hydrogen (secondary N) is 1. The van der Waals surface area contributed by atoms with E-state index in [0.29, 0.717) is 13.1 Å². The summed E-state index contributed by atoms with van der Waals surface area (Å²) < 4.78 is 6.25. The van der Waals surface area contributed by atoms with Crippen molar-refractivity contribution in [2.75, 3.05) is 31.6 Å². The summed E-state index contributed by atoms with van der Waals surface area (Å²) in [6.07, 6.45) is 4.77. The summed E-state index contributed by atoms with van der Waals surface area (Å²) in [5.41, 5.74) is 2.43. The summed E-state index contributed by atoms with van der Waals surface area (Å²) in [5, 5.41) is 8.53. The number of hydrogen-bond acceptors (Lipinski definition) is 6. The third-order valence-corrected chi connectivity index (χ3v) is 6.00. The zero-order valence-corrected chi connectivity index (χ0v) is 16.7. The molecule has 2 aliphatic rings. The summed E-state index contributed by atoms with van der Waals surface area (Å²) in [7, 11) is 1.82. The summed E-state index contributed by atoms with van der Waals surface area (Å²) in [4.78, 5) is 24.6. The second-order valence-corrected chi connectivity index (χ2v) is 7.92. The van der Waals surface area contributed by atoms with Crippen molar-refractivity contribution in [3.05, 3.63) is 30.6 Å².